The highest BCUT2D eigenvalue weighted by Gasteiger charge is 2.54. The molecule has 3 heterocycles. The highest BCUT2D eigenvalue weighted by atomic mass is 35.5. The van der Waals surface area contributed by atoms with Crippen molar-refractivity contribution >= 4 is 23.1 Å². The fourth-order valence-electron chi connectivity index (χ4n) is 2.70. The Hall–Kier alpha value is -1.43. The number of aryl methyl sites for hydroxylation is 1. The third kappa shape index (κ3) is 2.16. The smallest absolute Gasteiger partial charge is 0.271 e. The molecule has 7 heteroatoms. The van der Waals surface area contributed by atoms with E-state index in [-0.39, 0.29) is 13.1 Å². The van der Waals surface area contributed by atoms with Crippen molar-refractivity contribution in [3.63, 3.8) is 0 Å². The third-order valence-electron chi connectivity index (χ3n) is 4.17. The highest BCUT2D eigenvalue weighted by Crippen LogP contribution is 2.44. The van der Waals surface area contributed by atoms with Crippen LogP contribution in [-0.4, -0.2) is 33.6 Å². The van der Waals surface area contributed by atoms with Crippen molar-refractivity contribution in [1.82, 2.24) is 14.6 Å². The van der Waals surface area contributed by atoms with Crippen molar-refractivity contribution in [2.24, 2.45) is 5.41 Å². The Labute approximate surface area is 126 Å². The Morgan fingerprint density at radius 2 is 2.05 bits per heavy atom. The molecule has 1 aliphatic rings. The second kappa shape index (κ2) is 4.53. The average Bonchev–Trinajstić information content (AvgIpc) is 2.87. The Morgan fingerprint density at radius 1 is 1.33 bits per heavy atom. The molecule has 0 N–H and O–H groups in total. The van der Waals surface area contributed by atoms with Crippen molar-refractivity contribution in [2.75, 3.05) is 18.0 Å². The maximum atomic E-state index is 14.1. The first kappa shape index (κ1) is 14.5. The van der Waals surface area contributed by atoms with E-state index in [0.717, 1.165) is 12.0 Å². The fourth-order valence-corrected chi connectivity index (χ4v) is 2.88. The molecular formula is C14H17ClF2N4. The van der Waals surface area contributed by atoms with Crippen LogP contribution in [0.1, 0.15) is 26.3 Å². The number of hydrogen-bond donors (Lipinski definition) is 0. The zero-order chi connectivity index (χ0) is 15.4. The molecular weight excluding hydrogens is 298 g/mol. The van der Waals surface area contributed by atoms with Gasteiger partial charge in [-0.25, -0.2) is 13.8 Å². The number of halogens is 3. The summed E-state index contributed by atoms with van der Waals surface area (Å²) in [7, 11) is 0. The summed E-state index contributed by atoms with van der Waals surface area (Å²) in [5.74, 6) is -2.19. The van der Waals surface area contributed by atoms with Gasteiger partial charge in [-0.1, -0.05) is 32.4 Å². The lowest BCUT2D eigenvalue weighted by Crippen LogP contribution is -2.34. The zero-order valence-electron chi connectivity index (χ0n) is 12.2. The van der Waals surface area contributed by atoms with Gasteiger partial charge in [0.15, 0.2) is 5.65 Å². The van der Waals surface area contributed by atoms with Gasteiger partial charge in [-0.3, -0.25) is 0 Å². The summed E-state index contributed by atoms with van der Waals surface area (Å²) in [6, 6.07) is 1.60. The third-order valence-corrected chi connectivity index (χ3v) is 4.36. The molecule has 0 saturated carbocycles. The molecule has 21 heavy (non-hydrogen) atoms. The number of rotatable bonds is 2. The molecule has 2 aromatic rings. The van der Waals surface area contributed by atoms with Crippen molar-refractivity contribution < 1.29 is 8.78 Å². The number of alkyl halides is 2. The van der Waals surface area contributed by atoms with Crippen molar-refractivity contribution in [3.05, 3.63) is 23.0 Å². The Kier molecular flexibility index (Phi) is 3.13. The van der Waals surface area contributed by atoms with Crippen LogP contribution in [0.3, 0.4) is 0 Å². The van der Waals surface area contributed by atoms with Gasteiger partial charge in [-0.15, -0.1) is 0 Å². The Morgan fingerprint density at radius 3 is 2.62 bits per heavy atom. The van der Waals surface area contributed by atoms with Crippen LogP contribution >= 0.6 is 11.6 Å². The van der Waals surface area contributed by atoms with E-state index in [4.69, 9.17) is 11.6 Å². The quantitative estimate of drug-likeness (QED) is 0.796. The van der Waals surface area contributed by atoms with Gasteiger partial charge >= 0.3 is 0 Å². The molecule has 0 bridgehead atoms. The molecule has 1 saturated heterocycles. The predicted octanol–water partition coefficient (Wildman–Crippen LogP) is 3.43. The highest BCUT2D eigenvalue weighted by molar-refractivity contribution is 6.29. The molecule has 3 rings (SSSR count). The van der Waals surface area contributed by atoms with Crippen LogP contribution in [0.4, 0.5) is 14.6 Å². The average molecular weight is 315 g/mol. The molecule has 0 spiro atoms. The van der Waals surface area contributed by atoms with Crippen LogP contribution in [0.15, 0.2) is 12.3 Å². The molecule has 0 aliphatic carbocycles. The van der Waals surface area contributed by atoms with Crippen molar-refractivity contribution in [2.45, 2.75) is 33.1 Å². The van der Waals surface area contributed by atoms with Crippen LogP contribution in [-0.2, 0) is 6.42 Å². The second-order valence-corrected chi connectivity index (χ2v) is 6.53. The summed E-state index contributed by atoms with van der Waals surface area (Å²) < 4.78 is 29.8. The first-order valence-electron chi connectivity index (χ1n) is 6.91. The molecule has 0 unspecified atom stereocenters. The topological polar surface area (TPSA) is 33.4 Å². The first-order valence-corrected chi connectivity index (χ1v) is 7.29. The number of nitrogens with zero attached hydrogens (tertiary/aromatic N) is 4. The largest absolute Gasteiger partial charge is 0.350 e. The second-order valence-electron chi connectivity index (χ2n) is 6.14. The molecule has 0 aromatic carbocycles. The number of aromatic nitrogens is 3. The molecule has 1 fully saturated rings. The summed E-state index contributed by atoms with van der Waals surface area (Å²) in [4.78, 5) is 5.89. The first-order chi connectivity index (χ1) is 9.75. The van der Waals surface area contributed by atoms with Crippen LogP contribution in [0.5, 0.6) is 0 Å². The van der Waals surface area contributed by atoms with Crippen LogP contribution < -0.4 is 4.90 Å². The summed E-state index contributed by atoms with van der Waals surface area (Å²) in [6.45, 7) is 5.06. The van der Waals surface area contributed by atoms with E-state index >= 15 is 0 Å². The van der Waals surface area contributed by atoms with Gasteiger partial charge in [0.1, 0.15) is 11.0 Å². The molecule has 0 radical (unpaired) electrons. The predicted molar refractivity (Wildman–Crippen MR) is 78.3 cm³/mol. The van der Waals surface area contributed by atoms with E-state index < -0.39 is 11.3 Å². The molecule has 4 nitrogen and oxygen atoms in total. The minimum atomic E-state index is -2.75. The number of anilines is 1. The van der Waals surface area contributed by atoms with Gasteiger partial charge in [-0.05, 0) is 6.42 Å². The summed E-state index contributed by atoms with van der Waals surface area (Å²) in [5, 5.41) is 4.57. The maximum absolute atomic E-state index is 14.1. The number of fused-ring (bicyclic) bond motifs is 1. The lowest BCUT2D eigenvalue weighted by atomic mass is 9.89. The Bertz CT molecular complexity index is 680. The lowest BCUT2D eigenvalue weighted by Gasteiger charge is -2.24. The monoisotopic (exact) mass is 314 g/mol. The normalized spacial score (nSPS) is 20.4. The van der Waals surface area contributed by atoms with E-state index in [1.165, 1.54) is 0 Å². The zero-order valence-corrected chi connectivity index (χ0v) is 13.0. The van der Waals surface area contributed by atoms with E-state index in [0.29, 0.717) is 16.6 Å². The van der Waals surface area contributed by atoms with E-state index in [9.17, 15) is 8.78 Å². The molecule has 114 valence electrons. The van der Waals surface area contributed by atoms with Crippen molar-refractivity contribution in [3.8, 4) is 0 Å². The van der Waals surface area contributed by atoms with Gasteiger partial charge in [-0.2, -0.15) is 9.61 Å². The fraction of sp³-hybridized carbons (Fsp3) is 0.571. The lowest BCUT2D eigenvalue weighted by molar-refractivity contribution is -0.0642. The van der Waals surface area contributed by atoms with Crippen LogP contribution in [0.2, 0.25) is 5.15 Å². The Balaban J connectivity index is 2.12. The molecule has 2 aromatic heterocycles. The standard InChI is InChI=1S/C14H17ClF2N4/c1-4-9-6-18-21-11(5-10(15)19-12(9)21)20-7-13(2,3)14(16,17)8-20/h5-6H,4,7-8H2,1-3H3. The minimum absolute atomic E-state index is 0.247. The van der Waals surface area contributed by atoms with Gasteiger partial charge in [0, 0.05) is 23.6 Å². The van der Waals surface area contributed by atoms with Gasteiger partial charge < -0.3 is 4.90 Å². The van der Waals surface area contributed by atoms with Gasteiger partial charge in [0.25, 0.3) is 5.92 Å². The maximum Gasteiger partial charge on any atom is 0.271 e. The number of hydrogen-bond acceptors (Lipinski definition) is 3. The van der Waals surface area contributed by atoms with Crippen LogP contribution in [0.25, 0.3) is 5.65 Å². The molecule has 0 amide bonds. The summed E-state index contributed by atoms with van der Waals surface area (Å²) >= 11 is 6.06. The summed E-state index contributed by atoms with van der Waals surface area (Å²) in [6.07, 6.45) is 2.47. The van der Waals surface area contributed by atoms with Crippen molar-refractivity contribution in [1.29, 1.82) is 0 Å². The van der Waals surface area contributed by atoms with E-state index in [1.54, 1.807) is 35.5 Å². The van der Waals surface area contributed by atoms with Gasteiger partial charge in [0.2, 0.25) is 0 Å². The minimum Gasteiger partial charge on any atom is -0.350 e. The molecule has 0 atom stereocenters. The van der Waals surface area contributed by atoms with E-state index in [2.05, 4.69) is 10.1 Å². The van der Waals surface area contributed by atoms with Gasteiger partial charge in [0.05, 0.1) is 12.7 Å². The summed E-state index contributed by atoms with van der Waals surface area (Å²) in [5.41, 5.74) is 0.493. The SMILES string of the molecule is CCc1cnn2c(N3CC(C)(C)C(F)(F)C3)cc(Cl)nc12. The molecule has 1 aliphatic heterocycles. The van der Waals surface area contributed by atoms with E-state index in [1.807, 2.05) is 6.92 Å². The van der Waals surface area contributed by atoms with Crippen LogP contribution in [0, 0.1) is 5.41 Å².